The van der Waals surface area contributed by atoms with E-state index in [0.29, 0.717) is 18.5 Å². The van der Waals surface area contributed by atoms with Gasteiger partial charge in [0, 0.05) is 23.2 Å². The molecule has 1 fully saturated rings. The van der Waals surface area contributed by atoms with Crippen LogP contribution in [0.25, 0.3) is 0 Å². The van der Waals surface area contributed by atoms with Crippen molar-refractivity contribution in [2.45, 2.75) is 37.1 Å². The molecule has 4 N–H and O–H groups in total. The number of hydrogen-bond donors (Lipinski definition) is 3. The van der Waals surface area contributed by atoms with Gasteiger partial charge >= 0.3 is 0 Å². The van der Waals surface area contributed by atoms with Crippen molar-refractivity contribution >= 4 is 17.5 Å². The average molecular weight is 349 g/mol. The summed E-state index contributed by atoms with van der Waals surface area (Å²) in [4.78, 5) is 25.0. The Hall–Kier alpha value is -2.66. The van der Waals surface area contributed by atoms with E-state index in [-0.39, 0.29) is 17.2 Å². The summed E-state index contributed by atoms with van der Waals surface area (Å²) in [7, 11) is 0. The van der Waals surface area contributed by atoms with Crippen LogP contribution in [-0.4, -0.2) is 24.4 Å². The molecule has 134 valence electrons. The van der Waals surface area contributed by atoms with Crippen molar-refractivity contribution in [3.63, 3.8) is 0 Å². The smallest absolute Gasteiger partial charge is 0.251 e. The van der Waals surface area contributed by atoms with Crippen molar-refractivity contribution in [3.05, 3.63) is 65.2 Å². The summed E-state index contributed by atoms with van der Waals surface area (Å²) < 4.78 is 0. The maximum Gasteiger partial charge on any atom is 0.251 e. The molecule has 0 aromatic heterocycles. The SMILES string of the molecule is NCC1(c2ccc(C(=O)NC3CCc4ccccc4NC3=O)cc2)CC1. The lowest BCUT2D eigenvalue weighted by Crippen LogP contribution is -2.43. The molecule has 0 spiro atoms. The lowest BCUT2D eigenvalue weighted by molar-refractivity contribution is -0.118. The summed E-state index contributed by atoms with van der Waals surface area (Å²) in [5.74, 6) is -0.389. The van der Waals surface area contributed by atoms with E-state index in [1.54, 1.807) is 0 Å². The number of amides is 2. The maximum atomic E-state index is 12.6. The molecule has 1 aliphatic carbocycles. The number of rotatable bonds is 4. The van der Waals surface area contributed by atoms with Crippen molar-refractivity contribution < 1.29 is 9.59 Å². The first-order valence-electron chi connectivity index (χ1n) is 9.12. The Morgan fingerprint density at radius 1 is 1.15 bits per heavy atom. The third kappa shape index (κ3) is 3.10. The van der Waals surface area contributed by atoms with Gasteiger partial charge in [0.2, 0.25) is 5.91 Å². The third-order valence-electron chi connectivity index (χ3n) is 5.60. The van der Waals surface area contributed by atoms with Crippen molar-refractivity contribution in [3.8, 4) is 0 Å². The Bertz CT molecular complexity index is 841. The van der Waals surface area contributed by atoms with Gasteiger partial charge in [0.05, 0.1) is 0 Å². The molecule has 0 radical (unpaired) electrons. The minimum atomic E-state index is -0.534. The normalized spacial score (nSPS) is 20.5. The molecule has 2 aromatic rings. The molecule has 5 heteroatoms. The highest BCUT2D eigenvalue weighted by Gasteiger charge is 2.42. The van der Waals surface area contributed by atoms with E-state index in [2.05, 4.69) is 10.6 Å². The quantitative estimate of drug-likeness (QED) is 0.792. The van der Waals surface area contributed by atoms with Gasteiger partial charge in [-0.15, -0.1) is 0 Å². The van der Waals surface area contributed by atoms with Gasteiger partial charge < -0.3 is 16.4 Å². The number of carbonyl (C=O) groups excluding carboxylic acids is 2. The van der Waals surface area contributed by atoms with Gasteiger partial charge in [-0.25, -0.2) is 0 Å². The van der Waals surface area contributed by atoms with Gasteiger partial charge in [0.1, 0.15) is 6.04 Å². The summed E-state index contributed by atoms with van der Waals surface area (Å²) in [6, 6.07) is 14.8. The zero-order valence-electron chi connectivity index (χ0n) is 14.6. The number of anilines is 1. The van der Waals surface area contributed by atoms with Crippen LogP contribution < -0.4 is 16.4 Å². The molecule has 5 nitrogen and oxygen atoms in total. The number of nitrogens with two attached hydrogens (primary N) is 1. The van der Waals surface area contributed by atoms with E-state index in [1.165, 1.54) is 5.56 Å². The molecular weight excluding hydrogens is 326 g/mol. The molecular formula is C21H23N3O2. The van der Waals surface area contributed by atoms with E-state index in [9.17, 15) is 9.59 Å². The van der Waals surface area contributed by atoms with Crippen LogP contribution in [0.2, 0.25) is 0 Å². The fraction of sp³-hybridized carbons (Fsp3) is 0.333. The van der Waals surface area contributed by atoms with E-state index < -0.39 is 6.04 Å². The summed E-state index contributed by atoms with van der Waals surface area (Å²) in [6.07, 6.45) is 3.55. The molecule has 4 rings (SSSR count). The molecule has 1 atom stereocenters. The largest absolute Gasteiger partial charge is 0.340 e. The predicted octanol–water partition coefficient (Wildman–Crippen LogP) is 2.36. The monoisotopic (exact) mass is 349 g/mol. The molecule has 2 amide bonds. The second-order valence-electron chi connectivity index (χ2n) is 7.27. The van der Waals surface area contributed by atoms with Crippen molar-refractivity contribution in [1.29, 1.82) is 0 Å². The summed E-state index contributed by atoms with van der Waals surface area (Å²) in [5.41, 5.74) is 9.66. The molecule has 1 saturated carbocycles. The van der Waals surface area contributed by atoms with Gasteiger partial charge in [-0.2, -0.15) is 0 Å². The summed E-state index contributed by atoms with van der Waals surface area (Å²) in [5, 5.41) is 5.78. The minimum Gasteiger partial charge on any atom is -0.340 e. The average Bonchev–Trinajstić information content (AvgIpc) is 3.48. The second kappa shape index (κ2) is 6.57. The van der Waals surface area contributed by atoms with E-state index in [4.69, 9.17) is 5.73 Å². The van der Waals surface area contributed by atoms with E-state index in [0.717, 1.165) is 30.5 Å². The summed E-state index contributed by atoms with van der Waals surface area (Å²) >= 11 is 0. The van der Waals surface area contributed by atoms with Crippen LogP contribution in [0.3, 0.4) is 0 Å². The first kappa shape index (κ1) is 16.8. The van der Waals surface area contributed by atoms with E-state index >= 15 is 0 Å². The molecule has 2 aromatic carbocycles. The number of hydrogen-bond acceptors (Lipinski definition) is 3. The van der Waals surface area contributed by atoms with Crippen molar-refractivity contribution in [1.82, 2.24) is 5.32 Å². The first-order chi connectivity index (χ1) is 12.6. The maximum absolute atomic E-state index is 12.6. The number of nitrogens with one attached hydrogen (secondary N) is 2. The van der Waals surface area contributed by atoms with Crippen molar-refractivity contribution in [2.75, 3.05) is 11.9 Å². The Morgan fingerprint density at radius 3 is 2.58 bits per heavy atom. The Labute approximate surface area is 153 Å². The van der Waals surface area contributed by atoms with Crippen LogP contribution in [0.15, 0.2) is 48.5 Å². The van der Waals surface area contributed by atoms with Crippen molar-refractivity contribution in [2.24, 2.45) is 5.73 Å². The molecule has 0 bridgehead atoms. The topological polar surface area (TPSA) is 84.2 Å². The molecule has 26 heavy (non-hydrogen) atoms. The predicted molar refractivity (Wildman–Crippen MR) is 101 cm³/mol. The Kier molecular flexibility index (Phi) is 4.24. The molecule has 1 aliphatic heterocycles. The minimum absolute atomic E-state index is 0.113. The zero-order valence-corrected chi connectivity index (χ0v) is 14.6. The number of carbonyl (C=O) groups is 2. The number of para-hydroxylation sites is 1. The van der Waals surface area contributed by atoms with Gasteiger partial charge in [-0.3, -0.25) is 9.59 Å². The first-order valence-corrected chi connectivity index (χ1v) is 9.12. The van der Waals surface area contributed by atoms with Crippen LogP contribution in [0.5, 0.6) is 0 Å². The van der Waals surface area contributed by atoms with Gasteiger partial charge in [-0.05, 0) is 55.0 Å². The van der Waals surface area contributed by atoms with Gasteiger partial charge in [0.15, 0.2) is 0 Å². The highest BCUT2D eigenvalue weighted by Crippen LogP contribution is 2.47. The molecule has 1 heterocycles. The molecule has 0 saturated heterocycles. The van der Waals surface area contributed by atoms with Gasteiger partial charge in [-0.1, -0.05) is 30.3 Å². The van der Waals surface area contributed by atoms with Gasteiger partial charge in [0.25, 0.3) is 5.91 Å². The standard InChI is InChI=1S/C21H23N3O2/c22-13-21(11-12-21)16-8-5-15(6-9-16)19(25)24-18-10-7-14-3-1-2-4-17(14)23-20(18)26/h1-6,8-9,18H,7,10-13,22H2,(H,23,26)(H,24,25). The highest BCUT2D eigenvalue weighted by atomic mass is 16.2. The lowest BCUT2D eigenvalue weighted by Gasteiger charge is -2.16. The van der Waals surface area contributed by atoms with Crippen LogP contribution >= 0.6 is 0 Å². The van der Waals surface area contributed by atoms with Crippen LogP contribution in [-0.2, 0) is 16.6 Å². The highest BCUT2D eigenvalue weighted by molar-refractivity contribution is 6.01. The molecule has 1 unspecified atom stereocenters. The Balaban J connectivity index is 1.44. The number of fused-ring (bicyclic) bond motifs is 1. The van der Waals surface area contributed by atoms with Crippen LogP contribution in [0, 0.1) is 0 Å². The third-order valence-corrected chi connectivity index (χ3v) is 5.60. The van der Waals surface area contributed by atoms with E-state index in [1.807, 2.05) is 48.5 Å². The second-order valence-corrected chi connectivity index (χ2v) is 7.27. The summed E-state index contributed by atoms with van der Waals surface area (Å²) in [6.45, 7) is 0.640. The number of aryl methyl sites for hydroxylation is 1. The van der Waals surface area contributed by atoms with Crippen LogP contribution in [0.4, 0.5) is 5.69 Å². The number of benzene rings is 2. The molecule has 2 aliphatic rings. The fourth-order valence-corrected chi connectivity index (χ4v) is 3.63. The van der Waals surface area contributed by atoms with Crippen LogP contribution in [0.1, 0.15) is 40.7 Å². The Morgan fingerprint density at radius 2 is 1.88 bits per heavy atom. The lowest BCUT2D eigenvalue weighted by atomic mass is 9.95. The zero-order chi connectivity index (χ0) is 18.1. The fourth-order valence-electron chi connectivity index (χ4n) is 3.63.